The van der Waals surface area contributed by atoms with E-state index in [4.69, 9.17) is 51.1 Å². The highest BCUT2D eigenvalue weighted by atomic mass is 35.5. The Hall–Kier alpha value is -2.11. The zero-order valence-electron chi connectivity index (χ0n) is 15.0. The average Bonchev–Trinajstić information content (AvgIpc) is 2.68. The fourth-order valence-electron chi connectivity index (χ4n) is 2.49. The maximum atomic E-state index is 12.1. The molecular weight excluding hydrogens is 454 g/mol. The van der Waals surface area contributed by atoms with Crippen molar-refractivity contribution in [2.75, 3.05) is 17.2 Å². The first-order valence-electron chi connectivity index (χ1n) is 8.56. The molecule has 0 aliphatic carbocycles. The summed E-state index contributed by atoms with van der Waals surface area (Å²) >= 11 is 24.0. The Kier molecular flexibility index (Phi) is 7.51. The minimum Gasteiger partial charge on any atom is -0.482 e. The number of anilines is 2. The summed E-state index contributed by atoms with van der Waals surface area (Å²) in [5, 5.41) is 7.80. The molecule has 0 aliphatic heterocycles. The van der Waals surface area contributed by atoms with Gasteiger partial charge in [-0.15, -0.1) is 0 Å². The third-order valence-electron chi connectivity index (χ3n) is 3.88. The topological polar surface area (TPSA) is 50.4 Å². The second kappa shape index (κ2) is 10.1. The van der Waals surface area contributed by atoms with Gasteiger partial charge in [0, 0.05) is 22.9 Å². The first-order valence-corrected chi connectivity index (χ1v) is 10.1. The van der Waals surface area contributed by atoms with Gasteiger partial charge in [0.15, 0.2) is 6.61 Å². The molecule has 0 radical (unpaired) electrons. The van der Waals surface area contributed by atoms with Gasteiger partial charge in [-0.2, -0.15) is 0 Å². The fourth-order valence-corrected chi connectivity index (χ4v) is 3.23. The first kappa shape index (κ1) is 21.6. The Bertz CT molecular complexity index is 1030. The number of carbonyl (C=O) groups excluding carboxylic acids is 1. The third-order valence-corrected chi connectivity index (χ3v) is 5.15. The second-order valence-corrected chi connectivity index (χ2v) is 7.75. The highest BCUT2D eigenvalue weighted by molar-refractivity contribution is 6.42. The van der Waals surface area contributed by atoms with Gasteiger partial charge in [0.1, 0.15) is 5.75 Å². The molecule has 0 saturated heterocycles. The number of hydrogen-bond acceptors (Lipinski definition) is 3. The van der Waals surface area contributed by atoms with Crippen LogP contribution in [-0.4, -0.2) is 12.5 Å². The van der Waals surface area contributed by atoms with E-state index in [1.807, 2.05) is 30.3 Å². The van der Waals surface area contributed by atoms with E-state index in [-0.39, 0.29) is 12.5 Å². The molecule has 0 bridgehead atoms. The summed E-state index contributed by atoms with van der Waals surface area (Å²) in [5.41, 5.74) is 2.40. The van der Waals surface area contributed by atoms with Gasteiger partial charge in [0.25, 0.3) is 5.91 Å². The van der Waals surface area contributed by atoms with E-state index in [1.54, 1.807) is 30.3 Å². The summed E-state index contributed by atoms with van der Waals surface area (Å²) in [6.45, 7) is 0.373. The molecule has 0 aromatic heterocycles. The number of hydrogen-bond donors (Lipinski definition) is 2. The molecule has 2 N–H and O–H groups in total. The molecule has 4 nitrogen and oxygen atoms in total. The molecule has 29 heavy (non-hydrogen) atoms. The third kappa shape index (κ3) is 6.44. The molecule has 0 aliphatic rings. The van der Waals surface area contributed by atoms with Gasteiger partial charge in [-0.3, -0.25) is 4.79 Å². The van der Waals surface area contributed by atoms with Crippen LogP contribution in [0.25, 0.3) is 0 Å². The first-order chi connectivity index (χ1) is 13.9. The van der Waals surface area contributed by atoms with E-state index in [2.05, 4.69) is 10.6 Å². The van der Waals surface area contributed by atoms with E-state index in [1.165, 1.54) is 0 Å². The summed E-state index contributed by atoms with van der Waals surface area (Å²) in [4.78, 5) is 12.1. The largest absolute Gasteiger partial charge is 0.482 e. The van der Waals surface area contributed by atoms with Crippen LogP contribution in [0.4, 0.5) is 11.4 Å². The lowest BCUT2D eigenvalue weighted by Crippen LogP contribution is -2.20. The van der Waals surface area contributed by atoms with E-state index < -0.39 is 0 Å². The SMILES string of the molecule is O=C(COc1ccc(CNc2cccc(Cl)c2)cc1Cl)Nc1ccc(Cl)c(Cl)c1. The Morgan fingerprint density at radius 2 is 1.66 bits per heavy atom. The highest BCUT2D eigenvalue weighted by Gasteiger charge is 2.09. The van der Waals surface area contributed by atoms with Gasteiger partial charge >= 0.3 is 0 Å². The summed E-state index contributed by atoms with van der Waals surface area (Å²) in [6, 6.07) is 17.7. The van der Waals surface area contributed by atoms with E-state index in [0.29, 0.717) is 38.1 Å². The predicted molar refractivity (Wildman–Crippen MR) is 121 cm³/mol. The Morgan fingerprint density at radius 3 is 2.38 bits per heavy atom. The van der Waals surface area contributed by atoms with Gasteiger partial charge in [-0.05, 0) is 54.1 Å². The van der Waals surface area contributed by atoms with Crippen molar-refractivity contribution in [3.63, 3.8) is 0 Å². The van der Waals surface area contributed by atoms with Crippen LogP contribution in [0.3, 0.4) is 0 Å². The molecule has 0 heterocycles. The summed E-state index contributed by atoms with van der Waals surface area (Å²) in [6.07, 6.45) is 0. The van der Waals surface area contributed by atoms with Crippen LogP contribution in [0, 0.1) is 0 Å². The second-order valence-electron chi connectivity index (χ2n) is 6.09. The van der Waals surface area contributed by atoms with Crippen LogP contribution < -0.4 is 15.4 Å². The van der Waals surface area contributed by atoms with Crippen molar-refractivity contribution in [2.45, 2.75) is 6.54 Å². The summed E-state index contributed by atoms with van der Waals surface area (Å²) in [7, 11) is 0. The molecule has 1 amide bonds. The number of carbonyl (C=O) groups is 1. The Morgan fingerprint density at radius 1 is 0.828 bits per heavy atom. The Labute approximate surface area is 188 Å². The van der Waals surface area contributed by atoms with Crippen molar-refractivity contribution in [2.24, 2.45) is 0 Å². The maximum Gasteiger partial charge on any atom is 0.262 e. The molecule has 0 spiro atoms. The van der Waals surface area contributed by atoms with Gasteiger partial charge in [-0.25, -0.2) is 0 Å². The molecule has 3 rings (SSSR count). The van der Waals surface area contributed by atoms with Crippen molar-refractivity contribution in [3.05, 3.63) is 86.3 Å². The quantitative estimate of drug-likeness (QED) is 0.394. The van der Waals surface area contributed by atoms with E-state index in [0.717, 1.165) is 11.3 Å². The van der Waals surface area contributed by atoms with Crippen molar-refractivity contribution in [1.82, 2.24) is 0 Å². The van der Waals surface area contributed by atoms with Crippen LogP contribution in [-0.2, 0) is 11.3 Å². The number of halogens is 4. The maximum absolute atomic E-state index is 12.1. The van der Waals surface area contributed by atoms with Crippen molar-refractivity contribution in [3.8, 4) is 5.75 Å². The van der Waals surface area contributed by atoms with Crippen LogP contribution >= 0.6 is 46.4 Å². The van der Waals surface area contributed by atoms with Crippen LogP contribution in [0.15, 0.2) is 60.7 Å². The van der Waals surface area contributed by atoms with Crippen molar-refractivity contribution < 1.29 is 9.53 Å². The lowest BCUT2D eigenvalue weighted by Gasteiger charge is -2.11. The van der Waals surface area contributed by atoms with Crippen LogP contribution in [0.1, 0.15) is 5.56 Å². The smallest absolute Gasteiger partial charge is 0.262 e. The molecule has 3 aromatic rings. The normalized spacial score (nSPS) is 10.5. The summed E-state index contributed by atoms with van der Waals surface area (Å²) < 4.78 is 5.52. The lowest BCUT2D eigenvalue weighted by atomic mass is 10.2. The summed E-state index contributed by atoms with van der Waals surface area (Å²) in [5.74, 6) is 0.0774. The molecule has 0 saturated carbocycles. The average molecular weight is 470 g/mol. The highest BCUT2D eigenvalue weighted by Crippen LogP contribution is 2.27. The molecule has 3 aromatic carbocycles. The van der Waals surface area contributed by atoms with Crippen molar-refractivity contribution >= 4 is 63.7 Å². The van der Waals surface area contributed by atoms with Crippen molar-refractivity contribution in [1.29, 1.82) is 0 Å². The number of benzene rings is 3. The fraction of sp³-hybridized carbons (Fsp3) is 0.0952. The molecular formula is C21H16Cl4N2O2. The number of ether oxygens (including phenoxy) is 1. The number of nitrogens with one attached hydrogen (secondary N) is 2. The van der Waals surface area contributed by atoms with E-state index in [9.17, 15) is 4.79 Å². The predicted octanol–water partition coefficient (Wildman–Crippen LogP) is 6.93. The van der Waals surface area contributed by atoms with Gasteiger partial charge in [-0.1, -0.05) is 58.5 Å². The van der Waals surface area contributed by atoms with Gasteiger partial charge in [0.2, 0.25) is 0 Å². The molecule has 0 atom stereocenters. The zero-order valence-corrected chi connectivity index (χ0v) is 18.0. The zero-order chi connectivity index (χ0) is 20.8. The van der Waals surface area contributed by atoms with Crippen LogP contribution in [0.2, 0.25) is 20.1 Å². The number of rotatable bonds is 7. The molecule has 0 fully saturated rings. The minimum absolute atomic E-state index is 0.194. The molecule has 8 heteroatoms. The van der Waals surface area contributed by atoms with Crippen LogP contribution in [0.5, 0.6) is 5.75 Å². The lowest BCUT2D eigenvalue weighted by molar-refractivity contribution is -0.118. The number of amides is 1. The van der Waals surface area contributed by atoms with Gasteiger partial charge in [0.05, 0.1) is 15.1 Å². The molecule has 150 valence electrons. The van der Waals surface area contributed by atoms with E-state index >= 15 is 0 Å². The minimum atomic E-state index is -0.342. The standard InChI is InChI=1S/C21H16Cl4N2O2/c22-14-2-1-3-15(9-14)26-11-13-4-7-20(19(25)8-13)29-12-21(28)27-16-5-6-17(23)18(24)10-16/h1-10,26H,11-12H2,(H,27,28). The monoisotopic (exact) mass is 468 g/mol. The Balaban J connectivity index is 1.53. The molecule has 0 unspecified atom stereocenters. The van der Waals surface area contributed by atoms with Gasteiger partial charge < -0.3 is 15.4 Å².